The Bertz CT molecular complexity index is 342. The van der Waals surface area contributed by atoms with Crippen molar-refractivity contribution in [2.45, 2.75) is 57.8 Å². The number of hydrogen-bond donors (Lipinski definition) is 1. The van der Waals surface area contributed by atoms with Gasteiger partial charge in [0.1, 0.15) is 10.0 Å². The molecule has 1 aromatic heterocycles. The van der Waals surface area contributed by atoms with E-state index in [2.05, 4.69) is 29.4 Å². The fraction of sp³-hybridized carbons (Fsp3) is 0.846. The Morgan fingerprint density at radius 1 is 1.24 bits per heavy atom. The summed E-state index contributed by atoms with van der Waals surface area (Å²) in [6.45, 7) is 6.67. The van der Waals surface area contributed by atoms with Gasteiger partial charge in [0.2, 0.25) is 0 Å². The Balaban J connectivity index is 1.87. The van der Waals surface area contributed by atoms with Gasteiger partial charge in [-0.1, -0.05) is 26.7 Å². The molecule has 0 radical (unpaired) electrons. The van der Waals surface area contributed by atoms with Crippen molar-refractivity contribution in [1.82, 2.24) is 15.5 Å². The van der Waals surface area contributed by atoms with E-state index in [1.165, 1.54) is 42.1 Å². The van der Waals surface area contributed by atoms with Gasteiger partial charge in [0.05, 0.1) is 0 Å². The molecule has 1 aromatic rings. The third-order valence-electron chi connectivity index (χ3n) is 3.63. The Hall–Kier alpha value is -0.480. The fourth-order valence-electron chi connectivity index (χ4n) is 2.46. The van der Waals surface area contributed by atoms with Gasteiger partial charge < -0.3 is 5.32 Å². The lowest BCUT2D eigenvalue weighted by atomic mass is 9.90. The standard InChI is InChI=1S/C13H23N3S/c1-3-9-14-10-6-11-15-16-12(17-11)13(2)7-4-5-8-13/h14H,3-10H2,1-2H3. The van der Waals surface area contributed by atoms with Crippen molar-refractivity contribution < 1.29 is 0 Å². The number of nitrogens with zero attached hydrogens (tertiary/aromatic N) is 2. The van der Waals surface area contributed by atoms with Crippen molar-refractivity contribution >= 4 is 11.3 Å². The molecule has 1 fully saturated rings. The van der Waals surface area contributed by atoms with E-state index in [-0.39, 0.29) is 0 Å². The predicted molar refractivity (Wildman–Crippen MR) is 72.6 cm³/mol. The van der Waals surface area contributed by atoms with E-state index < -0.39 is 0 Å². The molecule has 0 aliphatic heterocycles. The van der Waals surface area contributed by atoms with Gasteiger partial charge in [0.25, 0.3) is 0 Å². The first kappa shape index (κ1) is 13.0. The zero-order chi connectivity index (χ0) is 12.1. The van der Waals surface area contributed by atoms with E-state index in [9.17, 15) is 0 Å². The van der Waals surface area contributed by atoms with Crippen LogP contribution in [0.4, 0.5) is 0 Å². The maximum Gasteiger partial charge on any atom is 0.123 e. The molecule has 0 spiro atoms. The summed E-state index contributed by atoms with van der Waals surface area (Å²) in [7, 11) is 0. The van der Waals surface area contributed by atoms with E-state index in [0.717, 1.165) is 19.5 Å². The second kappa shape index (κ2) is 5.91. The molecular formula is C13H23N3S. The summed E-state index contributed by atoms with van der Waals surface area (Å²) in [5.74, 6) is 0. The summed E-state index contributed by atoms with van der Waals surface area (Å²) in [4.78, 5) is 0. The molecule has 0 amide bonds. The summed E-state index contributed by atoms with van der Waals surface area (Å²) >= 11 is 1.82. The average Bonchev–Trinajstić information content (AvgIpc) is 2.94. The summed E-state index contributed by atoms with van der Waals surface area (Å²) in [6, 6.07) is 0. The van der Waals surface area contributed by atoms with E-state index in [0.29, 0.717) is 5.41 Å². The maximum atomic E-state index is 4.41. The summed E-state index contributed by atoms with van der Waals surface area (Å²) in [5.41, 5.74) is 0.326. The minimum Gasteiger partial charge on any atom is -0.316 e. The molecule has 0 saturated heterocycles. The van der Waals surface area contributed by atoms with Crippen LogP contribution in [0.25, 0.3) is 0 Å². The second-order valence-electron chi connectivity index (χ2n) is 5.27. The quantitative estimate of drug-likeness (QED) is 0.792. The van der Waals surface area contributed by atoms with E-state index in [1.807, 2.05) is 11.3 Å². The van der Waals surface area contributed by atoms with Crippen LogP contribution in [0.2, 0.25) is 0 Å². The molecule has 0 unspecified atom stereocenters. The minimum atomic E-state index is 0.326. The van der Waals surface area contributed by atoms with Crippen molar-refractivity contribution in [2.24, 2.45) is 0 Å². The lowest BCUT2D eigenvalue weighted by Crippen LogP contribution is -2.17. The molecule has 1 heterocycles. The van der Waals surface area contributed by atoms with Gasteiger partial charge in [-0.15, -0.1) is 21.5 Å². The molecule has 96 valence electrons. The molecule has 0 atom stereocenters. The Morgan fingerprint density at radius 2 is 2.00 bits per heavy atom. The Labute approximate surface area is 108 Å². The Morgan fingerprint density at radius 3 is 2.71 bits per heavy atom. The second-order valence-corrected chi connectivity index (χ2v) is 6.33. The molecule has 1 aliphatic rings. The van der Waals surface area contributed by atoms with Crippen LogP contribution in [0.3, 0.4) is 0 Å². The summed E-state index contributed by atoms with van der Waals surface area (Å²) in [6.07, 6.45) is 7.49. The topological polar surface area (TPSA) is 37.8 Å². The summed E-state index contributed by atoms with van der Waals surface area (Å²) in [5, 5.41) is 14.6. The van der Waals surface area contributed by atoms with Crippen LogP contribution in [0.1, 0.15) is 56.0 Å². The van der Waals surface area contributed by atoms with Gasteiger partial charge in [0.15, 0.2) is 0 Å². The highest BCUT2D eigenvalue weighted by Gasteiger charge is 2.33. The molecule has 0 aromatic carbocycles. The molecule has 2 rings (SSSR count). The van der Waals surface area contributed by atoms with Gasteiger partial charge in [-0.3, -0.25) is 0 Å². The lowest BCUT2D eigenvalue weighted by Gasteiger charge is -2.18. The van der Waals surface area contributed by atoms with Crippen LogP contribution in [0, 0.1) is 0 Å². The molecule has 1 aliphatic carbocycles. The van der Waals surface area contributed by atoms with E-state index in [4.69, 9.17) is 0 Å². The predicted octanol–water partition coefficient (Wildman–Crippen LogP) is 2.91. The molecule has 3 nitrogen and oxygen atoms in total. The van der Waals surface area contributed by atoms with Crippen LogP contribution in [-0.4, -0.2) is 23.3 Å². The van der Waals surface area contributed by atoms with Crippen LogP contribution >= 0.6 is 11.3 Å². The zero-order valence-corrected chi connectivity index (χ0v) is 11.8. The molecule has 17 heavy (non-hydrogen) atoms. The SMILES string of the molecule is CCCNCCc1nnc(C2(C)CCCC2)s1. The first-order chi connectivity index (χ1) is 8.24. The average molecular weight is 253 g/mol. The molecular weight excluding hydrogens is 230 g/mol. The van der Waals surface area contributed by atoms with Crippen LogP contribution in [0.5, 0.6) is 0 Å². The number of rotatable bonds is 6. The van der Waals surface area contributed by atoms with Crippen molar-refractivity contribution in [1.29, 1.82) is 0 Å². The smallest absolute Gasteiger partial charge is 0.123 e. The van der Waals surface area contributed by atoms with Gasteiger partial charge >= 0.3 is 0 Å². The zero-order valence-electron chi connectivity index (χ0n) is 11.0. The maximum absolute atomic E-state index is 4.41. The fourth-order valence-corrected chi connectivity index (χ4v) is 3.51. The lowest BCUT2D eigenvalue weighted by molar-refractivity contribution is 0.484. The van der Waals surface area contributed by atoms with Crippen molar-refractivity contribution in [3.8, 4) is 0 Å². The van der Waals surface area contributed by atoms with E-state index in [1.54, 1.807) is 0 Å². The van der Waals surface area contributed by atoms with Crippen molar-refractivity contribution in [3.63, 3.8) is 0 Å². The third-order valence-corrected chi connectivity index (χ3v) is 4.92. The van der Waals surface area contributed by atoms with Crippen LogP contribution in [0.15, 0.2) is 0 Å². The monoisotopic (exact) mass is 253 g/mol. The number of hydrogen-bond acceptors (Lipinski definition) is 4. The molecule has 1 saturated carbocycles. The van der Waals surface area contributed by atoms with Crippen LogP contribution in [-0.2, 0) is 11.8 Å². The largest absolute Gasteiger partial charge is 0.316 e. The molecule has 1 N–H and O–H groups in total. The number of aromatic nitrogens is 2. The summed E-state index contributed by atoms with van der Waals surface area (Å²) < 4.78 is 0. The first-order valence-corrected chi connectivity index (χ1v) is 7.60. The highest BCUT2D eigenvalue weighted by Crippen LogP contribution is 2.41. The van der Waals surface area contributed by atoms with Gasteiger partial charge in [-0.2, -0.15) is 0 Å². The van der Waals surface area contributed by atoms with Gasteiger partial charge in [-0.25, -0.2) is 0 Å². The Kier molecular flexibility index (Phi) is 4.51. The first-order valence-electron chi connectivity index (χ1n) is 6.78. The number of nitrogens with one attached hydrogen (secondary N) is 1. The minimum absolute atomic E-state index is 0.326. The van der Waals surface area contributed by atoms with Gasteiger partial charge in [-0.05, 0) is 25.8 Å². The third kappa shape index (κ3) is 3.26. The normalized spacial score (nSPS) is 18.7. The highest BCUT2D eigenvalue weighted by atomic mass is 32.1. The van der Waals surface area contributed by atoms with E-state index >= 15 is 0 Å². The highest BCUT2D eigenvalue weighted by molar-refractivity contribution is 7.11. The van der Waals surface area contributed by atoms with Gasteiger partial charge in [0, 0.05) is 18.4 Å². The van der Waals surface area contributed by atoms with Crippen LogP contribution < -0.4 is 5.32 Å². The van der Waals surface area contributed by atoms with Crippen molar-refractivity contribution in [2.75, 3.05) is 13.1 Å². The molecule has 4 heteroatoms. The molecule has 0 bridgehead atoms. The van der Waals surface area contributed by atoms with Crippen molar-refractivity contribution in [3.05, 3.63) is 10.0 Å².